The van der Waals surface area contributed by atoms with Crippen LogP contribution in [0.2, 0.25) is 0 Å². The van der Waals surface area contributed by atoms with Gasteiger partial charge < -0.3 is 10.6 Å². The Bertz CT molecular complexity index is 707. The van der Waals surface area contributed by atoms with Crippen molar-refractivity contribution in [2.75, 3.05) is 13.6 Å². The summed E-state index contributed by atoms with van der Waals surface area (Å²) >= 11 is 0. The van der Waals surface area contributed by atoms with Crippen molar-refractivity contribution < 1.29 is 14.0 Å². The third-order valence-electron chi connectivity index (χ3n) is 3.28. The summed E-state index contributed by atoms with van der Waals surface area (Å²) in [5, 5.41) is 9.28. The predicted molar refractivity (Wildman–Crippen MR) is 79.4 cm³/mol. The summed E-state index contributed by atoms with van der Waals surface area (Å²) < 4.78 is 14.6. The van der Waals surface area contributed by atoms with E-state index in [1.165, 1.54) is 19.2 Å². The molecule has 6 nitrogen and oxygen atoms in total. The van der Waals surface area contributed by atoms with E-state index in [-0.39, 0.29) is 24.2 Å². The fourth-order valence-electron chi connectivity index (χ4n) is 2.14. The standard InChI is InChI=1S/C15H17FN4O2/c1-9-14(15(22)18-8-13(21)17-3)10(2)20(19-9)12-6-4-11(16)5-7-12/h4-7H,8H2,1-3H3,(H,17,21)(H,18,22). The highest BCUT2D eigenvalue weighted by Gasteiger charge is 2.19. The molecular weight excluding hydrogens is 287 g/mol. The number of aryl methyl sites for hydroxylation is 1. The van der Waals surface area contributed by atoms with E-state index >= 15 is 0 Å². The molecule has 0 atom stereocenters. The molecule has 0 unspecified atom stereocenters. The van der Waals surface area contributed by atoms with Gasteiger partial charge in [0.1, 0.15) is 5.82 Å². The maximum atomic E-state index is 13.0. The van der Waals surface area contributed by atoms with Crippen molar-refractivity contribution in [3.8, 4) is 5.69 Å². The molecule has 2 aromatic rings. The van der Waals surface area contributed by atoms with Crippen LogP contribution in [0.1, 0.15) is 21.7 Å². The second-order valence-corrected chi connectivity index (χ2v) is 4.79. The summed E-state index contributed by atoms with van der Waals surface area (Å²) in [6.07, 6.45) is 0. The summed E-state index contributed by atoms with van der Waals surface area (Å²) in [4.78, 5) is 23.4. The van der Waals surface area contributed by atoms with Crippen molar-refractivity contribution in [1.82, 2.24) is 20.4 Å². The molecule has 1 aromatic heterocycles. The van der Waals surface area contributed by atoms with Crippen molar-refractivity contribution in [2.45, 2.75) is 13.8 Å². The highest BCUT2D eigenvalue weighted by molar-refractivity contribution is 5.98. The largest absolute Gasteiger partial charge is 0.358 e. The van der Waals surface area contributed by atoms with Crippen molar-refractivity contribution in [2.24, 2.45) is 0 Å². The van der Waals surface area contributed by atoms with Crippen LogP contribution in [0.25, 0.3) is 5.69 Å². The summed E-state index contributed by atoms with van der Waals surface area (Å²) in [6, 6.07) is 5.83. The van der Waals surface area contributed by atoms with Gasteiger partial charge in [0, 0.05) is 7.05 Å². The molecule has 22 heavy (non-hydrogen) atoms. The lowest BCUT2D eigenvalue weighted by Crippen LogP contribution is -2.35. The molecule has 0 fully saturated rings. The Morgan fingerprint density at radius 1 is 1.23 bits per heavy atom. The van der Waals surface area contributed by atoms with Gasteiger partial charge in [0.2, 0.25) is 5.91 Å². The van der Waals surface area contributed by atoms with Gasteiger partial charge in [-0.05, 0) is 38.1 Å². The number of nitrogens with one attached hydrogen (secondary N) is 2. The molecule has 2 N–H and O–H groups in total. The smallest absolute Gasteiger partial charge is 0.255 e. The zero-order valence-corrected chi connectivity index (χ0v) is 12.6. The molecule has 116 valence electrons. The van der Waals surface area contributed by atoms with Crippen LogP contribution in [0.3, 0.4) is 0 Å². The lowest BCUT2D eigenvalue weighted by atomic mass is 10.2. The Morgan fingerprint density at radius 3 is 2.45 bits per heavy atom. The first-order chi connectivity index (χ1) is 10.4. The minimum Gasteiger partial charge on any atom is -0.358 e. The highest BCUT2D eigenvalue weighted by atomic mass is 19.1. The maximum absolute atomic E-state index is 13.0. The molecule has 0 saturated heterocycles. The number of nitrogens with zero attached hydrogens (tertiary/aromatic N) is 2. The maximum Gasteiger partial charge on any atom is 0.255 e. The van der Waals surface area contributed by atoms with Crippen LogP contribution < -0.4 is 10.6 Å². The van der Waals surface area contributed by atoms with E-state index in [9.17, 15) is 14.0 Å². The number of carbonyl (C=O) groups is 2. The van der Waals surface area contributed by atoms with Crippen LogP contribution in [0.4, 0.5) is 4.39 Å². The Balaban J connectivity index is 2.29. The van der Waals surface area contributed by atoms with E-state index in [0.717, 1.165) is 0 Å². The number of benzene rings is 1. The van der Waals surface area contributed by atoms with Gasteiger partial charge in [-0.15, -0.1) is 0 Å². The van der Waals surface area contributed by atoms with Crippen LogP contribution >= 0.6 is 0 Å². The first-order valence-electron chi connectivity index (χ1n) is 6.75. The first-order valence-corrected chi connectivity index (χ1v) is 6.75. The average Bonchev–Trinajstić information content (AvgIpc) is 2.80. The van der Waals surface area contributed by atoms with Gasteiger partial charge in [0.05, 0.1) is 29.2 Å². The molecule has 0 aliphatic heterocycles. The molecule has 0 bridgehead atoms. The van der Waals surface area contributed by atoms with E-state index < -0.39 is 0 Å². The lowest BCUT2D eigenvalue weighted by molar-refractivity contribution is -0.119. The molecule has 0 saturated carbocycles. The van der Waals surface area contributed by atoms with Gasteiger partial charge in [-0.2, -0.15) is 5.10 Å². The van der Waals surface area contributed by atoms with Gasteiger partial charge in [-0.3, -0.25) is 9.59 Å². The number of halogens is 1. The SMILES string of the molecule is CNC(=O)CNC(=O)c1c(C)nn(-c2ccc(F)cc2)c1C. The molecule has 0 aliphatic carbocycles. The molecule has 0 radical (unpaired) electrons. The van der Waals surface area contributed by atoms with E-state index in [1.54, 1.807) is 30.7 Å². The molecule has 0 aliphatic rings. The monoisotopic (exact) mass is 304 g/mol. The fraction of sp³-hybridized carbons (Fsp3) is 0.267. The zero-order chi connectivity index (χ0) is 16.3. The number of likely N-dealkylation sites (N-methyl/N-ethyl adjacent to an activating group) is 1. The quantitative estimate of drug-likeness (QED) is 0.888. The molecule has 1 heterocycles. The fourth-order valence-corrected chi connectivity index (χ4v) is 2.14. The Morgan fingerprint density at radius 2 is 1.86 bits per heavy atom. The predicted octanol–water partition coefficient (Wildman–Crippen LogP) is 1.10. The minimum atomic E-state index is -0.369. The topological polar surface area (TPSA) is 76.0 Å². The van der Waals surface area contributed by atoms with Crippen molar-refractivity contribution in [3.63, 3.8) is 0 Å². The van der Waals surface area contributed by atoms with Gasteiger partial charge in [-0.1, -0.05) is 0 Å². The van der Waals surface area contributed by atoms with E-state index in [4.69, 9.17) is 0 Å². The Kier molecular flexibility index (Phi) is 4.55. The van der Waals surface area contributed by atoms with Crippen LogP contribution in [0.15, 0.2) is 24.3 Å². The van der Waals surface area contributed by atoms with Crippen LogP contribution in [0.5, 0.6) is 0 Å². The molecular formula is C15H17FN4O2. The summed E-state index contributed by atoms with van der Waals surface area (Å²) in [5.41, 5.74) is 2.23. The Labute approximate surface area is 127 Å². The summed E-state index contributed by atoms with van der Waals surface area (Å²) in [5.74, 6) is -0.990. The second-order valence-electron chi connectivity index (χ2n) is 4.79. The van der Waals surface area contributed by atoms with E-state index in [0.29, 0.717) is 22.6 Å². The number of amides is 2. The van der Waals surface area contributed by atoms with Crippen LogP contribution in [-0.2, 0) is 4.79 Å². The van der Waals surface area contributed by atoms with Crippen molar-refractivity contribution >= 4 is 11.8 Å². The van der Waals surface area contributed by atoms with Crippen molar-refractivity contribution in [1.29, 1.82) is 0 Å². The molecule has 1 aromatic carbocycles. The minimum absolute atomic E-state index is 0.101. The normalized spacial score (nSPS) is 10.4. The molecule has 0 spiro atoms. The number of hydrogen-bond acceptors (Lipinski definition) is 3. The van der Waals surface area contributed by atoms with Gasteiger partial charge in [-0.25, -0.2) is 9.07 Å². The number of aromatic nitrogens is 2. The number of rotatable bonds is 4. The van der Waals surface area contributed by atoms with Crippen LogP contribution in [-0.4, -0.2) is 35.2 Å². The highest BCUT2D eigenvalue weighted by Crippen LogP contribution is 2.18. The number of hydrogen-bond donors (Lipinski definition) is 2. The third-order valence-corrected chi connectivity index (χ3v) is 3.28. The van der Waals surface area contributed by atoms with Crippen molar-refractivity contribution in [3.05, 3.63) is 47.0 Å². The second kappa shape index (κ2) is 6.38. The molecule has 2 amide bonds. The molecule has 7 heteroatoms. The van der Waals surface area contributed by atoms with Gasteiger partial charge in [0.15, 0.2) is 0 Å². The Hall–Kier alpha value is -2.70. The summed E-state index contributed by atoms with van der Waals surface area (Å²) in [7, 11) is 1.50. The lowest BCUT2D eigenvalue weighted by Gasteiger charge is -2.06. The van der Waals surface area contributed by atoms with Crippen LogP contribution in [0, 0.1) is 19.7 Å². The molecule has 2 rings (SSSR count). The van der Waals surface area contributed by atoms with Gasteiger partial charge >= 0.3 is 0 Å². The third kappa shape index (κ3) is 3.13. The first kappa shape index (κ1) is 15.7. The summed E-state index contributed by atoms with van der Waals surface area (Å²) in [6.45, 7) is 3.36. The van der Waals surface area contributed by atoms with E-state index in [1.807, 2.05) is 0 Å². The van der Waals surface area contributed by atoms with E-state index in [2.05, 4.69) is 15.7 Å². The average molecular weight is 304 g/mol. The van der Waals surface area contributed by atoms with Gasteiger partial charge in [0.25, 0.3) is 5.91 Å². The number of carbonyl (C=O) groups excluding carboxylic acids is 2. The zero-order valence-electron chi connectivity index (χ0n) is 12.6.